The fourth-order valence-electron chi connectivity index (χ4n) is 2.02. The molecule has 0 aliphatic heterocycles. The van der Waals surface area contributed by atoms with Crippen molar-refractivity contribution in [2.75, 3.05) is 19.0 Å². The van der Waals surface area contributed by atoms with Crippen molar-refractivity contribution in [3.63, 3.8) is 0 Å². The number of carbonyl (C=O) groups excluding carboxylic acids is 1. The topological polar surface area (TPSA) is 51.0 Å². The molecule has 106 valence electrons. The molecular weight excluding hydrogens is 252 g/mol. The molecule has 0 spiro atoms. The molecule has 0 atom stereocenters. The van der Waals surface area contributed by atoms with Crippen LogP contribution in [0.25, 0.3) is 0 Å². The number of aromatic nitrogens is 3. The summed E-state index contributed by atoms with van der Waals surface area (Å²) in [4.78, 5) is 18.4. The average molecular weight is 272 g/mol. The lowest BCUT2D eigenvalue weighted by molar-refractivity contribution is 0.0989. The van der Waals surface area contributed by atoms with E-state index < -0.39 is 0 Å². The Hall–Kier alpha value is -2.17. The normalized spacial score (nSPS) is 10.8. The molecule has 0 N–H and O–H groups in total. The van der Waals surface area contributed by atoms with Crippen LogP contribution in [-0.2, 0) is 6.42 Å². The van der Waals surface area contributed by atoms with E-state index in [-0.39, 0.29) is 18.2 Å². The first kappa shape index (κ1) is 14.2. The highest BCUT2D eigenvalue weighted by molar-refractivity contribution is 5.97. The second kappa shape index (κ2) is 5.86. The monoisotopic (exact) mass is 272 g/mol. The van der Waals surface area contributed by atoms with Crippen LogP contribution in [-0.4, -0.2) is 34.6 Å². The molecule has 0 aliphatic carbocycles. The van der Waals surface area contributed by atoms with Gasteiger partial charge in [-0.15, -0.1) is 0 Å². The maximum absolute atomic E-state index is 12.3. The lowest BCUT2D eigenvalue weighted by Gasteiger charge is -2.12. The zero-order valence-electron chi connectivity index (χ0n) is 12.4. The minimum Gasteiger partial charge on any atom is -0.378 e. The van der Waals surface area contributed by atoms with Crippen molar-refractivity contribution >= 4 is 11.5 Å². The van der Waals surface area contributed by atoms with E-state index in [0.717, 1.165) is 5.69 Å². The van der Waals surface area contributed by atoms with Gasteiger partial charge in [0.15, 0.2) is 5.78 Å². The van der Waals surface area contributed by atoms with E-state index in [4.69, 9.17) is 0 Å². The Morgan fingerprint density at radius 1 is 1.25 bits per heavy atom. The third-order valence-electron chi connectivity index (χ3n) is 3.16. The highest BCUT2D eigenvalue weighted by Gasteiger charge is 2.13. The van der Waals surface area contributed by atoms with Crippen molar-refractivity contribution in [1.82, 2.24) is 14.8 Å². The Morgan fingerprint density at radius 3 is 2.45 bits per heavy atom. The molecule has 0 amide bonds. The predicted molar refractivity (Wildman–Crippen MR) is 79.2 cm³/mol. The molecule has 1 aromatic carbocycles. The third kappa shape index (κ3) is 3.04. The van der Waals surface area contributed by atoms with Crippen molar-refractivity contribution in [2.24, 2.45) is 0 Å². The van der Waals surface area contributed by atoms with Crippen molar-refractivity contribution < 1.29 is 4.79 Å². The van der Waals surface area contributed by atoms with Crippen molar-refractivity contribution in [2.45, 2.75) is 26.3 Å². The largest absolute Gasteiger partial charge is 0.378 e. The molecule has 20 heavy (non-hydrogen) atoms. The molecule has 0 saturated carbocycles. The van der Waals surface area contributed by atoms with Crippen LogP contribution in [0.3, 0.4) is 0 Å². The van der Waals surface area contributed by atoms with Crippen LogP contribution in [0.1, 0.15) is 36.1 Å². The smallest absolute Gasteiger partial charge is 0.170 e. The predicted octanol–water partition coefficient (Wildman–Crippen LogP) is 2.35. The molecule has 0 saturated heterocycles. The van der Waals surface area contributed by atoms with Gasteiger partial charge in [0.25, 0.3) is 0 Å². The zero-order chi connectivity index (χ0) is 14.7. The lowest BCUT2D eigenvalue weighted by atomic mass is 10.1. The van der Waals surface area contributed by atoms with Gasteiger partial charge in [-0.1, -0.05) is 0 Å². The molecule has 5 nitrogen and oxygen atoms in total. The second-order valence-electron chi connectivity index (χ2n) is 5.26. The Morgan fingerprint density at radius 2 is 1.90 bits per heavy atom. The van der Waals surface area contributed by atoms with Crippen LogP contribution in [0.15, 0.2) is 30.6 Å². The number of carbonyl (C=O) groups is 1. The Bertz CT molecular complexity index is 584. The Balaban J connectivity index is 2.13. The molecule has 1 aromatic heterocycles. The van der Waals surface area contributed by atoms with Gasteiger partial charge in [0.05, 0.1) is 6.42 Å². The lowest BCUT2D eigenvalue weighted by Crippen LogP contribution is -2.13. The zero-order valence-corrected chi connectivity index (χ0v) is 12.4. The SMILES string of the molecule is CC(C)n1ncnc1CC(=O)c1ccc(N(C)C)cc1. The van der Waals surface area contributed by atoms with Crippen molar-refractivity contribution in [3.8, 4) is 0 Å². The summed E-state index contributed by atoms with van der Waals surface area (Å²) in [5.41, 5.74) is 1.78. The van der Waals surface area contributed by atoms with Gasteiger partial charge in [0.1, 0.15) is 12.2 Å². The number of Topliss-reactive ketones (excluding diaryl/α,β-unsaturated/α-hetero) is 1. The van der Waals surface area contributed by atoms with Gasteiger partial charge in [-0.05, 0) is 38.1 Å². The number of hydrogen-bond donors (Lipinski definition) is 0. The van der Waals surface area contributed by atoms with E-state index in [2.05, 4.69) is 10.1 Å². The number of hydrogen-bond acceptors (Lipinski definition) is 4. The van der Waals surface area contributed by atoms with Gasteiger partial charge in [0.2, 0.25) is 0 Å². The minimum absolute atomic E-state index is 0.0604. The Labute approximate surface area is 119 Å². The highest BCUT2D eigenvalue weighted by Crippen LogP contribution is 2.14. The van der Waals surface area contributed by atoms with E-state index in [9.17, 15) is 4.79 Å². The number of nitrogens with zero attached hydrogens (tertiary/aromatic N) is 4. The van der Waals surface area contributed by atoms with E-state index in [1.54, 1.807) is 4.68 Å². The number of rotatable bonds is 5. The summed E-state index contributed by atoms with van der Waals surface area (Å²) in [5, 5.41) is 4.15. The third-order valence-corrected chi connectivity index (χ3v) is 3.16. The van der Waals surface area contributed by atoms with Crippen LogP contribution in [0.5, 0.6) is 0 Å². The fraction of sp³-hybridized carbons (Fsp3) is 0.400. The molecule has 0 unspecified atom stereocenters. The first-order chi connectivity index (χ1) is 9.49. The van der Waals surface area contributed by atoms with E-state index in [0.29, 0.717) is 11.4 Å². The van der Waals surface area contributed by atoms with Crippen molar-refractivity contribution in [1.29, 1.82) is 0 Å². The van der Waals surface area contributed by atoms with Gasteiger partial charge in [-0.3, -0.25) is 4.79 Å². The van der Waals surface area contributed by atoms with Gasteiger partial charge >= 0.3 is 0 Å². The first-order valence-electron chi connectivity index (χ1n) is 6.68. The van der Waals surface area contributed by atoms with Crippen LogP contribution < -0.4 is 4.90 Å². The summed E-state index contributed by atoms with van der Waals surface area (Å²) >= 11 is 0. The summed E-state index contributed by atoms with van der Waals surface area (Å²) in [5.74, 6) is 0.770. The minimum atomic E-state index is 0.0604. The molecular formula is C15H20N4O. The quantitative estimate of drug-likeness (QED) is 0.784. The van der Waals surface area contributed by atoms with Crippen LogP contribution in [0, 0.1) is 0 Å². The maximum Gasteiger partial charge on any atom is 0.170 e. The maximum atomic E-state index is 12.3. The van der Waals surface area contributed by atoms with Gasteiger partial charge < -0.3 is 4.90 Å². The molecule has 0 bridgehead atoms. The van der Waals surface area contributed by atoms with Gasteiger partial charge in [-0.25, -0.2) is 9.67 Å². The highest BCUT2D eigenvalue weighted by atomic mass is 16.1. The standard InChI is InChI=1S/C15H20N4O/c1-11(2)19-15(16-10-17-19)9-14(20)12-5-7-13(8-6-12)18(3)4/h5-8,10-11H,9H2,1-4H3. The molecule has 0 aliphatic rings. The van der Waals surface area contributed by atoms with E-state index in [1.165, 1.54) is 6.33 Å². The number of ketones is 1. The summed E-state index contributed by atoms with van der Waals surface area (Å²) in [6, 6.07) is 7.80. The number of benzene rings is 1. The molecule has 0 radical (unpaired) electrons. The summed E-state index contributed by atoms with van der Waals surface area (Å²) < 4.78 is 1.78. The van der Waals surface area contributed by atoms with Crippen LogP contribution >= 0.6 is 0 Å². The summed E-state index contributed by atoms with van der Waals surface area (Å²) in [6.07, 6.45) is 1.78. The molecule has 2 rings (SSSR count). The average Bonchev–Trinajstić information content (AvgIpc) is 2.87. The van der Waals surface area contributed by atoms with Gasteiger partial charge in [0, 0.05) is 31.4 Å². The van der Waals surface area contributed by atoms with Crippen molar-refractivity contribution in [3.05, 3.63) is 42.0 Å². The fourth-order valence-corrected chi connectivity index (χ4v) is 2.02. The second-order valence-corrected chi connectivity index (χ2v) is 5.26. The molecule has 0 fully saturated rings. The number of anilines is 1. The molecule has 1 heterocycles. The summed E-state index contributed by atoms with van der Waals surface area (Å²) in [7, 11) is 3.95. The molecule has 2 aromatic rings. The molecule has 5 heteroatoms. The Kier molecular flexibility index (Phi) is 4.17. The first-order valence-corrected chi connectivity index (χ1v) is 6.68. The van der Waals surface area contributed by atoms with Gasteiger partial charge in [-0.2, -0.15) is 5.10 Å². The van der Waals surface area contributed by atoms with E-state index in [1.807, 2.05) is 57.1 Å². The van der Waals surface area contributed by atoms with E-state index >= 15 is 0 Å². The van der Waals surface area contributed by atoms with Crippen LogP contribution in [0.4, 0.5) is 5.69 Å². The summed E-state index contributed by atoms with van der Waals surface area (Å²) in [6.45, 7) is 4.04. The van der Waals surface area contributed by atoms with Crippen LogP contribution in [0.2, 0.25) is 0 Å².